The molecule has 28 heavy (non-hydrogen) atoms. The van der Waals surface area contributed by atoms with Gasteiger partial charge in [-0.15, -0.1) is 11.3 Å². The molecule has 1 heterocycles. The van der Waals surface area contributed by atoms with Gasteiger partial charge in [-0.25, -0.2) is 4.39 Å². The third-order valence-corrected chi connectivity index (χ3v) is 6.76. The van der Waals surface area contributed by atoms with Gasteiger partial charge in [0.15, 0.2) is 0 Å². The van der Waals surface area contributed by atoms with Crippen molar-refractivity contribution in [3.8, 4) is 6.07 Å². The second-order valence-electron chi connectivity index (χ2n) is 7.62. The zero-order chi connectivity index (χ0) is 19.5. The van der Waals surface area contributed by atoms with E-state index in [0.29, 0.717) is 41.7 Å². The summed E-state index contributed by atoms with van der Waals surface area (Å²) in [7, 11) is 0. The summed E-state index contributed by atoms with van der Waals surface area (Å²) in [5.74, 6) is -0.269. The van der Waals surface area contributed by atoms with Gasteiger partial charge in [0.25, 0.3) is 0 Å². The average molecular weight is 398 g/mol. The van der Waals surface area contributed by atoms with Gasteiger partial charge in [0.05, 0.1) is 5.56 Å². The molecule has 0 unspecified atom stereocenters. The van der Waals surface area contributed by atoms with Crippen molar-refractivity contribution in [3.05, 3.63) is 51.7 Å². The van der Waals surface area contributed by atoms with Gasteiger partial charge in [-0.1, -0.05) is 18.2 Å². The average Bonchev–Trinajstić information content (AvgIpc) is 3.48. The van der Waals surface area contributed by atoms with E-state index in [1.165, 1.54) is 10.9 Å². The van der Waals surface area contributed by atoms with Gasteiger partial charge in [-0.3, -0.25) is 9.69 Å². The number of carbonyl (C=O) groups is 1. The highest BCUT2D eigenvalue weighted by Crippen LogP contribution is 2.37. The summed E-state index contributed by atoms with van der Waals surface area (Å²) in [4.78, 5) is 16.0. The minimum Gasteiger partial charge on any atom is -0.317 e. The highest BCUT2D eigenvalue weighted by molar-refractivity contribution is 7.16. The molecule has 0 radical (unpaired) electrons. The number of hydrogen-bond acceptors (Lipinski definition) is 4. The number of anilines is 1. The number of rotatable bonds is 7. The quantitative estimate of drug-likeness (QED) is 0.741. The zero-order valence-corrected chi connectivity index (χ0v) is 16.7. The van der Waals surface area contributed by atoms with Crippen molar-refractivity contribution in [1.82, 2.24) is 4.90 Å². The van der Waals surface area contributed by atoms with Crippen LogP contribution in [-0.4, -0.2) is 23.4 Å². The third-order valence-electron chi connectivity index (χ3n) is 5.56. The van der Waals surface area contributed by atoms with Crippen LogP contribution in [0.1, 0.15) is 53.7 Å². The first-order valence-corrected chi connectivity index (χ1v) is 10.8. The van der Waals surface area contributed by atoms with Crippen LogP contribution in [0.25, 0.3) is 0 Å². The van der Waals surface area contributed by atoms with Gasteiger partial charge in [0, 0.05) is 36.0 Å². The Morgan fingerprint density at radius 2 is 2.07 bits per heavy atom. The van der Waals surface area contributed by atoms with Crippen molar-refractivity contribution in [1.29, 1.82) is 5.26 Å². The summed E-state index contributed by atoms with van der Waals surface area (Å²) in [6.45, 7) is 1.12. The number of hydrogen-bond donors (Lipinski definition) is 1. The molecule has 4 rings (SSSR count). The molecule has 2 aliphatic carbocycles. The van der Waals surface area contributed by atoms with Crippen molar-refractivity contribution in [2.45, 2.75) is 57.5 Å². The Morgan fingerprint density at radius 1 is 1.29 bits per heavy atom. The van der Waals surface area contributed by atoms with E-state index in [2.05, 4.69) is 16.3 Å². The van der Waals surface area contributed by atoms with Crippen LogP contribution >= 0.6 is 11.3 Å². The van der Waals surface area contributed by atoms with Crippen molar-refractivity contribution < 1.29 is 9.18 Å². The highest BCUT2D eigenvalue weighted by atomic mass is 32.1. The second kappa shape index (κ2) is 8.42. The standard InChI is InChI=1S/C22H24FN3OS/c23-19-7-3-1-5-15(19)14-26(16-9-10-16)12-11-21(27)25-22-18(13-24)17-6-2-4-8-20(17)28-22/h1,3,5,7,16H,2,4,6,8-12,14H2,(H,25,27). The summed E-state index contributed by atoms with van der Waals surface area (Å²) in [6, 6.07) is 9.55. The molecule has 0 atom stereocenters. The number of aryl methyl sites for hydroxylation is 1. The molecule has 0 saturated heterocycles. The summed E-state index contributed by atoms with van der Waals surface area (Å²) < 4.78 is 14.0. The number of amides is 1. The van der Waals surface area contributed by atoms with Gasteiger partial charge < -0.3 is 5.32 Å². The Balaban J connectivity index is 1.38. The monoisotopic (exact) mass is 397 g/mol. The summed E-state index contributed by atoms with van der Waals surface area (Å²) in [5, 5.41) is 13.2. The number of nitrogens with zero attached hydrogens (tertiary/aromatic N) is 2. The third kappa shape index (κ3) is 4.26. The lowest BCUT2D eigenvalue weighted by molar-refractivity contribution is -0.116. The Hall–Kier alpha value is -2.23. The minimum absolute atomic E-state index is 0.0747. The molecule has 1 aromatic carbocycles. The molecule has 146 valence electrons. The lowest BCUT2D eigenvalue weighted by Gasteiger charge is -2.22. The van der Waals surface area contributed by atoms with E-state index in [0.717, 1.165) is 44.1 Å². The van der Waals surface area contributed by atoms with Crippen LogP contribution in [0, 0.1) is 17.1 Å². The smallest absolute Gasteiger partial charge is 0.226 e. The fraction of sp³-hybridized carbons (Fsp3) is 0.455. The molecule has 1 fully saturated rings. The minimum atomic E-state index is -0.194. The number of nitrogens with one attached hydrogen (secondary N) is 1. The molecule has 0 bridgehead atoms. The molecule has 2 aliphatic rings. The normalized spacial score (nSPS) is 15.9. The maximum atomic E-state index is 14.0. The molecule has 4 nitrogen and oxygen atoms in total. The number of fused-ring (bicyclic) bond motifs is 1. The van der Waals surface area contributed by atoms with E-state index in [4.69, 9.17) is 0 Å². The van der Waals surface area contributed by atoms with Gasteiger partial charge in [0.2, 0.25) is 5.91 Å². The van der Waals surface area contributed by atoms with E-state index in [9.17, 15) is 14.4 Å². The maximum Gasteiger partial charge on any atom is 0.226 e. The number of nitriles is 1. The van der Waals surface area contributed by atoms with Crippen LogP contribution in [-0.2, 0) is 24.2 Å². The fourth-order valence-electron chi connectivity index (χ4n) is 3.88. The van der Waals surface area contributed by atoms with E-state index in [1.54, 1.807) is 23.5 Å². The molecule has 1 aromatic heterocycles. The van der Waals surface area contributed by atoms with Gasteiger partial charge in [0.1, 0.15) is 16.9 Å². The van der Waals surface area contributed by atoms with Crippen molar-refractivity contribution >= 4 is 22.2 Å². The number of thiophene rings is 1. The largest absolute Gasteiger partial charge is 0.317 e. The fourth-order valence-corrected chi connectivity index (χ4v) is 5.14. The molecule has 0 spiro atoms. The molecular formula is C22H24FN3OS. The number of carbonyl (C=O) groups excluding carboxylic acids is 1. The maximum absolute atomic E-state index is 14.0. The molecule has 0 aliphatic heterocycles. The van der Waals surface area contributed by atoms with Crippen LogP contribution in [0.5, 0.6) is 0 Å². The van der Waals surface area contributed by atoms with Crippen LogP contribution in [0.4, 0.5) is 9.39 Å². The van der Waals surface area contributed by atoms with Crippen LogP contribution in [0.3, 0.4) is 0 Å². The SMILES string of the molecule is N#Cc1c(NC(=O)CCN(Cc2ccccc2F)C2CC2)sc2c1CCCC2. The van der Waals surface area contributed by atoms with Gasteiger partial charge in [-0.05, 0) is 50.2 Å². The number of halogens is 1. The van der Waals surface area contributed by atoms with Crippen LogP contribution < -0.4 is 5.32 Å². The van der Waals surface area contributed by atoms with Crippen LogP contribution in [0.15, 0.2) is 24.3 Å². The topological polar surface area (TPSA) is 56.1 Å². The van der Waals surface area contributed by atoms with E-state index in [1.807, 2.05) is 6.07 Å². The Kier molecular flexibility index (Phi) is 5.74. The van der Waals surface area contributed by atoms with E-state index in [-0.39, 0.29) is 11.7 Å². The van der Waals surface area contributed by atoms with Gasteiger partial charge >= 0.3 is 0 Å². The van der Waals surface area contributed by atoms with E-state index < -0.39 is 0 Å². The lowest BCUT2D eigenvalue weighted by atomic mass is 9.96. The van der Waals surface area contributed by atoms with Crippen molar-refractivity contribution in [3.63, 3.8) is 0 Å². The number of benzene rings is 1. The summed E-state index contributed by atoms with van der Waals surface area (Å²) >= 11 is 1.55. The molecule has 1 N–H and O–H groups in total. The zero-order valence-electron chi connectivity index (χ0n) is 15.8. The summed E-state index contributed by atoms with van der Waals surface area (Å²) in [5.41, 5.74) is 2.46. The predicted octanol–water partition coefficient (Wildman–Crippen LogP) is 4.63. The Bertz CT molecular complexity index is 913. The molecule has 1 saturated carbocycles. The first kappa shape index (κ1) is 19.1. The van der Waals surface area contributed by atoms with Gasteiger partial charge in [-0.2, -0.15) is 5.26 Å². The molecule has 6 heteroatoms. The van der Waals surface area contributed by atoms with Crippen molar-refractivity contribution in [2.24, 2.45) is 0 Å². The highest BCUT2D eigenvalue weighted by Gasteiger charge is 2.30. The van der Waals surface area contributed by atoms with Crippen molar-refractivity contribution in [2.75, 3.05) is 11.9 Å². The lowest BCUT2D eigenvalue weighted by Crippen LogP contribution is -2.30. The Morgan fingerprint density at radius 3 is 2.82 bits per heavy atom. The second-order valence-corrected chi connectivity index (χ2v) is 8.72. The molecule has 2 aromatic rings. The van der Waals surface area contributed by atoms with Crippen LogP contribution in [0.2, 0.25) is 0 Å². The first-order chi connectivity index (χ1) is 13.7. The first-order valence-electron chi connectivity index (χ1n) is 9.97. The Labute approximate surface area is 169 Å². The van der Waals surface area contributed by atoms with E-state index >= 15 is 0 Å². The summed E-state index contributed by atoms with van der Waals surface area (Å²) in [6.07, 6.45) is 6.75. The molecular weight excluding hydrogens is 373 g/mol. The predicted molar refractivity (Wildman–Crippen MR) is 109 cm³/mol. The molecule has 1 amide bonds.